The van der Waals surface area contributed by atoms with Crippen LogP contribution in [-0.2, 0) is 0 Å². The molecule has 1 aromatic rings. The van der Waals surface area contributed by atoms with Crippen LogP contribution < -0.4 is 5.32 Å². The predicted molar refractivity (Wildman–Crippen MR) is 71.6 cm³/mol. The number of nitrogens with zero attached hydrogens (tertiary/aromatic N) is 2. The van der Waals surface area contributed by atoms with Gasteiger partial charge in [0.1, 0.15) is 0 Å². The molecule has 0 bridgehead atoms. The Morgan fingerprint density at radius 3 is 2.53 bits per heavy atom. The summed E-state index contributed by atoms with van der Waals surface area (Å²) < 4.78 is 2.13. The van der Waals surface area contributed by atoms with Gasteiger partial charge in [-0.2, -0.15) is 5.10 Å². The predicted octanol–water partition coefficient (Wildman–Crippen LogP) is 3.10. The first-order valence-electron chi connectivity index (χ1n) is 6.45. The van der Waals surface area contributed by atoms with Crippen molar-refractivity contribution in [1.29, 1.82) is 0 Å². The maximum atomic E-state index is 6.20. The Bertz CT molecular complexity index is 398. The third-order valence-electron chi connectivity index (χ3n) is 3.72. The number of aryl methyl sites for hydroxylation is 1. The molecule has 0 aromatic carbocycles. The van der Waals surface area contributed by atoms with Gasteiger partial charge in [0, 0.05) is 12.6 Å². The number of hydrogen-bond donors (Lipinski definition) is 1. The van der Waals surface area contributed by atoms with Crippen LogP contribution in [-0.4, -0.2) is 22.4 Å². The summed E-state index contributed by atoms with van der Waals surface area (Å²) in [5, 5.41) is 8.91. The van der Waals surface area contributed by atoms with Gasteiger partial charge in [0.2, 0.25) is 0 Å². The smallest absolute Gasteiger partial charge is 0.0844 e. The van der Waals surface area contributed by atoms with Gasteiger partial charge in [0.05, 0.1) is 22.5 Å². The van der Waals surface area contributed by atoms with E-state index in [1.165, 1.54) is 12.8 Å². The molecule has 1 aliphatic rings. The number of rotatable bonds is 4. The lowest BCUT2D eigenvalue weighted by molar-refractivity contribution is 0.157. The summed E-state index contributed by atoms with van der Waals surface area (Å²) in [6.07, 6.45) is 2.52. The molecule has 4 heteroatoms. The Balaban J connectivity index is 2.05. The Kier molecular flexibility index (Phi) is 3.79. The zero-order chi connectivity index (χ0) is 12.6. The molecule has 3 nitrogen and oxygen atoms in total. The molecule has 0 spiro atoms. The summed E-state index contributed by atoms with van der Waals surface area (Å²) in [5.74, 6) is 0.700. The molecule has 2 unspecified atom stereocenters. The lowest BCUT2D eigenvalue weighted by Gasteiger charge is -2.38. The second-order valence-corrected chi connectivity index (χ2v) is 5.78. The molecule has 0 saturated heterocycles. The van der Waals surface area contributed by atoms with Gasteiger partial charge in [-0.1, -0.05) is 25.4 Å². The molecule has 1 aromatic heterocycles. The fourth-order valence-corrected chi connectivity index (χ4v) is 2.59. The zero-order valence-electron chi connectivity index (χ0n) is 11.1. The van der Waals surface area contributed by atoms with Crippen molar-refractivity contribution in [3.05, 3.63) is 16.4 Å². The van der Waals surface area contributed by atoms with Crippen LogP contribution in [0.4, 0.5) is 0 Å². The lowest BCUT2D eigenvalue weighted by Crippen LogP contribution is -2.39. The van der Waals surface area contributed by atoms with E-state index in [0.29, 0.717) is 18.0 Å². The van der Waals surface area contributed by atoms with Crippen LogP contribution in [0.25, 0.3) is 0 Å². The standard InChI is InChI=1S/C13H22ClN3/c1-8(2)15-7-11-5-6-12(11)17-10(4)13(14)9(3)16-17/h8,11-12,15H,5-7H2,1-4H3. The molecule has 17 heavy (non-hydrogen) atoms. The first kappa shape index (κ1) is 12.9. The molecule has 0 aliphatic heterocycles. The molecular weight excluding hydrogens is 234 g/mol. The molecule has 2 rings (SSSR count). The summed E-state index contributed by atoms with van der Waals surface area (Å²) in [7, 11) is 0. The molecule has 96 valence electrons. The lowest BCUT2D eigenvalue weighted by atomic mass is 9.79. The first-order valence-corrected chi connectivity index (χ1v) is 6.83. The monoisotopic (exact) mass is 255 g/mol. The van der Waals surface area contributed by atoms with E-state index in [1.54, 1.807) is 0 Å². The highest BCUT2D eigenvalue weighted by Gasteiger charge is 2.34. The summed E-state index contributed by atoms with van der Waals surface area (Å²) in [5.41, 5.74) is 2.06. The number of hydrogen-bond acceptors (Lipinski definition) is 2. The van der Waals surface area contributed by atoms with Crippen LogP contribution in [0.3, 0.4) is 0 Å². The Morgan fingerprint density at radius 2 is 2.12 bits per heavy atom. The minimum atomic E-state index is 0.535. The van der Waals surface area contributed by atoms with Crippen LogP contribution in [0.2, 0.25) is 5.02 Å². The molecular formula is C13H22ClN3. The van der Waals surface area contributed by atoms with E-state index in [0.717, 1.165) is 23.0 Å². The molecule has 0 amide bonds. The van der Waals surface area contributed by atoms with Gasteiger partial charge in [0.25, 0.3) is 0 Å². The van der Waals surface area contributed by atoms with Crippen LogP contribution in [0.5, 0.6) is 0 Å². The fraction of sp³-hybridized carbons (Fsp3) is 0.769. The van der Waals surface area contributed by atoms with E-state index in [9.17, 15) is 0 Å². The second-order valence-electron chi connectivity index (χ2n) is 5.40. The summed E-state index contributed by atoms with van der Waals surface area (Å²) in [6.45, 7) is 9.50. The van der Waals surface area contributed by atoms with Gasteiger partial charge < -0.3 is 5.32 Å². The van der Waals surface area contributed by atoms with Crippen molar-refractivity contribution < 1.29 is 0 Å². The largest absolute Gasteiger partial charge is 0.314 e. The quantitative estimate of drug-likeness (QED) is 0.896. The van der Waals surface area contributed by atoms with Crippen LogP contribution in [0.15, 0.2) is 0 Å². The van der Waals surface area contributed by atoms with E-state index in [1.807, 2.05) is 6.92 Å². The topological polar surface area (TPSA) is 29.9 Å². The number of halogens is 1. The zero-order valence-corrected chi connectivity index (χ0v) is 11.9. The minimum Gasteiger partial charge on any atom is -0.314 e. The highest BCUT2D eigenvalue weighted by Crippen LogP contribution is 2.39. The third kappa shape index (κ3) is 2.50. The molecule has 2 atom stereocenters. The average molecular weight is 256 g/mol. The van der Waals surface area contributed by atoms with Crippen molar-refractivity contribution in [2.45, 2.75) is 52.6 Å². The Labute approximate surface area is 109 Å². The van der Waals surface area contributed by atoms with E-state index in [2.05, 4.69) is 35.9 Å². The normalized spacial score (nSPS) is 24.1. The van der Waals surface area contributed by atoms with Gasteiger partial charge in [-0.3, -0.25) is 4.68 Å². The van der Waals surface area contributed by atoms with E-state index < -0.39 is 0 Å². The van der Waals surface area contributed by atoms with Crippen molar-refractivity contribution in [2.24, 2.45) is 5.92 Å². The molecule has 0 radical (unpaired) electrons. The maximum Gasteiger partial charge on any atom is 0.0844 e. The van der Waals surface area contributed by atoms with Crippen LogP contribution in [0, 0.1) is 19.8 Å². The van der Waals surface area contributed by atoms with Gasteiger partial charge in [-0.15, -0.1) is 0 Å². The average Bonchev–Trinajstić information content (AvgIpc) is 2.45. The van der Waals surface area contributed by atoms with E-state index in [-0.39, 0.29) is 0 Å². The van der Waals surface area contributed by atoms with Crippen molar-refractivity contribution in [3.8, 4) is 0 Å². The van der Waals surface area contributed by atoms with E-state index >= 15 is 0 Å². The summed E-state index contributed by atoms with van der Waals surface area (Å²) in [4.78, 5) is 0. The van der Waals surface area contributed by atoms with E-state index in [4.69, 9.17) is 11.6 Å². The van der Waals surface area contributed by atoms with Gasteiger partial charge in [-0.25, -0.2) is 0 Å². The minimum absolute atomic E-state index is 0.535. The summed E-state index contributed by atoms with van der Waals surface area (Å²) >= 11 is 6.20. The molecule has 1 heterocycles. The van der Waals surface area contributed by atoms with Crippen molar-refractivity contribution >= 4 is 11.6 Å². The molecule has 1 saturated carbocycles. The van der Waals surface area contributed by atoms with Gasteiger partial charge >= 0.3 is 0 Å². The summed E-state index contributed by atoms with van der Waals surface area (Å²) in [6, 6.07) is 1.09. The van der Waals surface area contributed by atoms with Crippen molar-refractivity contribution in [1.82, 2.24) is 15.1 Å². The van der Waals surface area contributed by atoms with Crippen molar-refractivity contribution in [3.63, 3.8) is 0 Å². The molecule has 1 N–H and O–H groups in total. The SMILES string of the molecule is Cc1nn(C2CCC2CNC(C)C)c(C)c1Cl. The first-order chi connectivity index (χ1) is 8.00. The van der Waals surface area contributed by atoms with Crippen LogP contribution in [0.1, 0.15) is 44.1 Å². The highest BCUT2D eigenvalue weighted by atomic mass is 35.5. The van der Waals surface area contributed by atoms with Gasteiger partial charge in [0.15, 0.2) is 0 Å². The Morgan fingerprint density at radius 1 is 1.41 bits per heavy atom. The molecule has 1 aliphatic carbocycles. The van der Waals surface area contributed by atoms with Crippen LogP contribution >= 0.6 is 11.6 Å². The number of aromatic nitrogens is 2. The fourth-order valence-electron chi connectivity index (χ4n) is 2.46. The van der Waals surface area contributed by atoms with Gasteiger partial charge in [-0.05, 0) is 32.6 Å². The highest BCUT2D eigenvalue weighted by molar-refractivity contribution is 6.31. The molecule has 1 fully saturated rings. The Hall–Kier alpha value is -0.540. The second kappa shape index (κ2) is 4.99. The number of nitrogens with one attached hydrogen (secondary N) is 1. The third-order valence-corrected chi connectivity index (χ3v) is 4.26. The maximum absolute atomic E-state index is 6.20. The van der Waals surface area contributed by atoms with Crippen molar-refractivity contribution in [2.75, 3.05) is 6.54 Å².